The first kappa shape index (κ1) is 19.5. The first-order valence-corrected chi connectivity index (χ1v) is 9.86. The van der Waals surface area contributed by atoms with Gasteiger partial charge in [-0.05, 0) is 36.8 Å². The van der Waals surface area contributed by atoms with Gasteiger partial charge < -0.3 is 14.5 Å². The predicted octanol–water partition coefficient (Wildman–Crippen LogP) is 4.07. The molecule has 0 bridgehead atoms. The summed E-state index contributed by atoms with van der Waals surface area (Å²) in [5.41, 5.74) is 2.42. The van der Waals surface area contributed by atoms with Gasteiger partial charge in [-0.25, -0.2) is 14.8 Å². The lowest BCUT2D eigenvalue weighted by atomic mass is 10.1. The molecule has 0 radical (unpaired) electrons. The van der Waals surface area contributed by atoms with Gasteiger partial charge in [0.2, 0.25) is 5.78 Å². The number of hydrogen-bond acceptors (Lipinski definition) is 6. The molecule has 0 saturated carbocycles. The van der Waals surface area contributed by atoms with E-state index >= 15 is 0 Å². The summed E-state index contributed by atoms with van der Waals surface area (Å²) < 4.78 is 12.4. The summed E-state index contributed by atoms with van der Waals surface area (Å²) in [6, 6.07) is 14.2. The summed E-state index contributed by atoms with van der Waals surface area (Å²) in [6.07, 6.45) is 5.41. The number of carbonyl (C=O) groups excluding carboxylic acids is 1. The standard InChI is InChI=1S/C24H18N4O4/c1-14-7-8-15(19-13-28-10-4-9-25-24(28)27-19)12-18(14)26-22(29)17-11-16-5-3-6-20(31-2)21(16)32-23(17)30/h3-13H,1-2H3,(H,26,29). The molecule has 32 heavy (non-hydrogen) atoms. The highest BCUT2D eigenvalue weighted by atomic mass is 16.5. The van der Waals surface area contributed by atoms with Crippen molar-refractivity contribution in [2.24, 2.45) is 0 Å². The molecule has 0 unspecified atom stereocenters. The molecule has 0 atom stereocenters. The number of methoxy groups -OCH3 is 1. The van der Waals surface area contributed by atoms with E-state index in [0.29, 0.717) is 28.2 Å². The average Bonchev–Trinajstić information content (AvgIpc) is 3.24. The minimum Gasteiger partial charge on any atom is -0.493 e. The highest BCUT2D eigenvalue weighted by Crippen LogP contribution is 2.27. The van der Waals surface area contributed by atoms with Crippen molar-refractivity contribution in [3.05, 3.63) is 88.7 Å². The van der Waals surface area contributed by atoms with Gasteiger partial charge in [0.1, 0.15) is 5.56 Å². The zero-order valence-electron chi connectivity index (χ0n) is 17.3. The molecule has 158 valence electrons. The maximum Gasteiger partial charge on any atom is 0.349 e. The highest BCUT2D eigenvalue weighted by Gasteiger charge is 2.17. The Hall–Kier alpha value is -4.46. The average molecular weight is 426 g/mol. The van der Waals surface area contributed by atoms with Crippen LogP contribution in [0.15, 0.2) is 76.3 Å². The number of aryl methyl sites for hydroxylation is 1. The lowest BCUT2D eigenvalue weighted by molar-refractivity contribution is 0.102. The van der Waals surface area contributed by atoms with Crippen LogP contribution < -0.4 is 15.7 Å². The van der Waals surface area contributed by atoms with Crippen LogP contribution in [0.3, 0.4) is 0 Å². The minimum atomic E-state index is -0.736. The number of ether oxygens (including phenoxy) is 1. The molecule has 0 aliphatic rings. The van der Waals surface area contributed by atoms with Gasteiger partial charge in [-0.15, -0.1) is 0 Å². The number of carbonyl (C=O) groups is 1. The van der Waals surface area contributed by atoms with E-state index in [1.807, 2.05) is 48.0 Å². The maximum atomic E-state index is 12.9. The molecule has 8 heteroatoms. The first-order valence-electron chi connectivity index (χ1n) is 9.86. The number of aromatic nitrogens is 3. The first-order chi connectivity index (χ1) is 15.5. The van der Waals surface area contributed by atoms with Crippen LogP contribution in [0.25, 0.3) is 28.0 Å². The van der Waals surface area contributed by atoms with Crippen LogP contribution in [0.4, 0.5) is 5.69 Å². The highest BCUT2D eigenvalue weighted by molar-refractivity contribution is 6.06. The number of hydrogen-bond donors (Lipinski definition) is 1. The van der Waals surface area contributed by atoms with Crippen molar-refractivity contribution in [1.29, 1.82) is 0 Å². The zero-order chi connectivity index (χ0) is 22.2. The van der Waals surface area contributed by atoms with E-state index in [0.717, 1.165) is 16.8 Å². The van der Waals surface area contributed by atoms with Gasteiger partial charge in [0.15, 0.2) is 11.3 Å². The normalized spacial score (nSPS) is 11.1. The summed E-state index contributed by atoms with van der Waals surface area (Å²) in [5, 5.41) is 3.42. The van der Waals surface area contributed by atoms with Crippen molar-refractivity contribution in [3.63, 3.8) is 0 Å². The third-order valence-electron chi connectivity index (χ3n) is 5.21. The fourth-order valence-electron chi connectivity index (χ4n) is 3.51. The van der Waals surface area contributed by atoms with Gasteiger partial charge in [0.05, 0.1) is 12.8 Å². The number of amides is 1. The molecule has 5 aromatic rings. The van der Waals surface area contributed by atoms with Crippen molar-refractivity contribution in [1.82, 2.24) is 14.4 Å². The van der Waals surface area contributed by atoms with Gasteiger partial charge in [-0.3, -0.25) is 9.20 Å². The largest absolute Gasteiger partial charge is 0.493 e. The Balaban J connectivity index is 1.50. The Morgan fingerprint density at radius 1 is 1.16 bits per heavy atom. The minimum absolute atomic E-state index is 0.0903. The third-order valence-corrected chi connectivity index (χ3v) is 5.21. The quantitative estimate of drug-likeness (QED) is 0.435. The van der Waals surface area contributed by atoms with Crippen molar-refractivity contribution in [3.8, 4) is 17.0 Å². The smallest absolute Gasteiger partial charge is 0.349 e. The second-order valence-corrected chi connectivity index (χ2v) is 7.26. The van der Waals surface area contributed by atoms with E-state index in [9.17, 15) is 9.59 Å². The summed E-state index contributed by atoms with van der Waals surface area (Å²) >= 11 is 0. The van der Waals surface area contributed by atoms with Crippen molar-refractivity contribution < 1.29 is 13.9 Å². The van der Waals surface area contributed by atoms with E-state index in [4.69, 9.17) is 9.15 Å². The topological polar surface area (TPSA) is 98.7 Å². The Morgan fingerprint density at radius 3 is 2.84 bits per heavy atom. The molecule has 0 saturated heterocycles. The maximum absolute atomic E-state index is 12.9. The van der Waals surface area contributed by atoms with Gasteiger partial charge in [0.25, 0.3) is 5.91 Å². The van der Waals surface area contributed by atoms with E-state index in [1.54, 1.807) is 24.4 Å². The van der Waals surface area contributed by atoms with Gasteiger partial charge in [-0.2, -0.15) is 0 Å². The third kappa shape index (κ3) is 3.37. The molecule has 1 N–H and O–H groups in total. The summed E-state index contributed by atoms with van der Waals surface area (Å²) in [5.74, 6) is 0.454. The second-order valence-electron chi connectivity index (χ2n) is 7.26. The number of anilines is 1. The molecule has 2 aromatic carbocycles. The van der Waals surface area contributed by atoms with Crippen molar-refractivity contribution >= 4 is 28.3 Å². The molecule has 0 spiro atoms. The van der Waals surface area contributed by atoms with E-state index in [2.05, 4.69) is 15.3 Å². The number of nitrogens with zero attached hydrogens (tertiary/aromatic N) is 3. The number of rotatable bonds is 4. The summed E-state index contributed by atoms with van der Waals surface area (Å²) in [4.78, 5) is 34.2. The Labute approximate surface area is 182 Å². The number of nitrogens with one attached hydrogen (secondary N) is 1. The van der Waals surface area contributed by atoms with E-state index in [-0.39, 0.29) is 5.56 Å². The summed E-state index contributed by atoms with van der Waals surface area (Å²) in [6.45, 7) is 1.87. The van der Waals surface area contributed by atoms with Crippen LogP contribution in [0.1, 0.15) is 15.9 Å². The molecule has 3 aromatic heterocycles. The molecular weight excluding hydrogens is 408 g/mol. The predicted molar refractivity (Wildman–Crippen MR) is 120 cm³/mol. The SMILES string of the molecule is COc1cccc2cc(C(=O)Nc3cc(-c4cn5cccnc5n4)ccc3C)c(=O)oc12. The molecule has 1 amide bonds. The Kier molecular flexibility index (Phi) is 4.67. The van der Waals surface area contributed by atoms with Crippen molar-refractivity contribution in [2.75, 3.05) is 12.4 Å². The fourth-order valence-corrected chi connectivity index (χ4v) is 3.51. The zero-order valence-corrected chi connectivity index (χ0v) is 17.3. The van der Waals surface area contributed by atoms with Crippen LogP contribution in [-0.2, 0) is 0 Å². The van der Waals surface area contributed by atoms with Crippen LogP contribution in [0, 0.1) is 6.92 Å². The molecule has 5 rings (SSSR count). The van der Waals surface area contributed by atoms with E-state index < -0.39 is 11.5 Å². The fraction of sp³-hybridized carbons (Fsp3) is 0.0833. The van der Waals surface area contributed by atoms with Crippen LogP contribution >= 0.6 is 0 Å². The monoisotopic (exact) mass is 426 g/mol. The molecule has 0 aliphatic carbocycles. The Bertz CT molecular complexity index is 1520. The second kappa shape index (κ2) is 7.66. The number of para-hydroxylation sites is 1. The molecular formula is C24H18N4O4. The number of imidazole rings is 1. The molecule has 0 fully saturated rings. The lowest BCUT2D eigenvalue weighted by Gasteiger charge is -2.10. The molecule has 3 heterocycles. The van der Waals surface area contributed by atoms with E-state index in [1.165, 1.54) is 13.2 Å². The number of benzene rings is 2. The van der Waals surface area contributed by atoms with Gasteiger partial charge in [-0.1, -0.05) is 24.3 Å². The number of fused-ring (bicyclic) bond motifs is 2. The van der Waals surface area contributed by atoms with Gasteiger partial charge in [0, 0.05) is 35.2 Å². The molecule has 0 aliphatic heterocycles. The van der Waals surface area contributed by atoms with Crippen LogP contribution in [0.5, 0.6) is 5.75 Å². The van der Waals surface area contributed by atoms with Gasteiger partial charge >= 0.3 is 5.63 Å². The van der Waals surface area contributed by atoms with Crippen LogP contribution in [-0.4, -0.2) is 27.4 Å². The summed E-state index contributed by atoms with van der Waals surface area (Å²) in [7, 11) is 1.49. The van der Waals surface area contributed by atoms with Crippen molar-refractivity contribution in [2.45, 2.75) is 6.92 Å². The molecule has 8 nitrogen and oxygen atoms in total. The van der Waals surface area contributed by atoms with Crippen LogP contribution in [0.2, 0.25) is 0 Å². The lowest BCUT2D eigenvalue weighted by Crippen LogP contribution is -2.21. The Morgan fingerprint density at radius 2 is 2.03 bits per heavy atom.